The molecule has 0 bridgehead atoms. The van der Waals surface area contributed by atoms with Gasteiger partial charge in [0, 0.05) is 13.1 Å². The van der Waals surface area contributed by atoms with Crippen molar-refractivity contribution in [2.75, 3.05) is 19.6 Å². The summed E-state index contributed by atoms with van der Waals surface area (Å²) in [6, 6.07) is -0.405. The lowest BCUT2D eigenvalue weighted by atomic mass is 10.0. The molecule has 0 aliphatic carbocycles. The molecule has 6 nitrogen and oxygen atoms in total. The average molecular weight is 267 g/mol. The fourth-order valence-electron chi connectivity index (χ4n) is 2.70. The van der Waals surface area contributed by atoms with Crippen LogP contribution in [0.25, 0.3) is 0 Å². The summed E-state index contributed by atoms with van der Waals surface area (Å²) in [6.45, 7) is 5.16. The first kappa shape index (κ1) is 14.0. The van der Waals surface area contributed by atoms with Gasteiger partial charge in [-0.15, -0.1) is 0 Å². The maximum absolute atomic E-state index is 12.0. The van der Waals surface area contributed by atoms with Crippen LogP contribution in [-0.2, 0) is 9.59 Å². The van der Waals surface area contributed by atoms with Gasteiger partial charge in [-0.25, -0.2) is 4.79 Å². The standard InChI is InChI=1S/C13H21N3O3/c1-13(2)11(18)16(12(19)14-13)8-7-15-6-4-3-5-10(15)9-17/h9-10H,3-8H2,1-2H3,(H,14,19). The highest BCUT2D eigenvalue weighted by atomic mass is 16.2. The van der Waals surface area contributed by atoms with Crippen LogP contribution in [0.2, 0.25) is 0 Å². The van der Waals surface area contributed by atoms with E-state index in [2.05, 4.69) is 10.2 Å². The molecule has 1 N–H and O–H groups in total. The van der Waals surface area contributed by atoms with Crippen LogP contribution >= 0.6 is 0 Å². The van der Waals surface area contributed by atoms with Gasteiger partial charge in [0.1, 0.15) is 11.8 Å². The maximum atomic E-state index is 12.0. The number of urea groups is 1. The van der Waals surface area contributed by atoms with Crippen molar-refractivity contribution >= 4 is 18.2 Å². The van der Waals surface area contributed by atoms with Crippen molar-refractivity contribution in [2.45, 2.75) is 44.7 Å². The van der Waals surface area contributed by atoms with Gasteiger partial charge in [0.15, 0.2) is 0 Å². The van der Waals surface area contributed by atoms with E-state index in [-0.39, 0.29) is 18.0 Å². The molecule has 3 amide bonds. The quantitative estimate of drug-likeness (QED) is 0.590. The molecule has 1 unspecified atom stereocenters. The number of carbonyl (C=O) groups is 3. The van der Waals surface area contributed by atoms with Gasteiger partial charge in [-0.3, -0.25) is 14.6 Å². The van der Waals surface area contributed by atoms with Crippen LogP contribution in [0.15, 0.2) is 0 Å². The Kier molecular flexibility index (Phi) is 3.89. The first-order valence-corrected chi connectivity index (χ1v) is 6.79. The largest absolute Gasteiger partial charge is 0.325 e. The number of carbonyl (C=O) groups excluding carboxylic acids is 3. The monoisotopic (exact) mass is 267 g/mol. The molecule has 2 heterocycles. The van der Waals surface area contributed by atoms with E-state index >= 15 is 0 Å². The third-order valence-electron chi connectivity index (χ3n) is 3.88. The zero-order valence-electron chi connectivity index (χ0n) is 11.5. The number of piperidine rings is 1. The second-order valence-electron chi connectivity index (χ2n) is 5.75. The maximum Gasteiger partial charge on any atom is 0.325 e. The minimum absolute atomic E-state index is 0.0671. The number of hydrogen-bond acceptors (Lipinski definition) is 4. The first-order chi connectivity index (χ1) is 8.95. The second kappa shape index (κ2) is 5.28. The van der Waals surface area contributed by atoms with Gasteiger partial charge < -0.3 is 10.1 Å². The topological polar surface area (TPSA) is 69.7 Å². The van der Waals surface area contributed by atoms with Crippen LogP contribution in [-0.4, -0.2) is 59.2 Å². The molecule has 1 atom stereocenters. The second-order valence-corrected chi connectivity index (χ2v) is 5.75. The molecule has 0 aromatic heterocycles. The number of rotatable bonds is 4. The van der Waals surface area contributed by atoms with Crippen molar-refractivity contribution in [2.24, 2.45) is 0 Å². The average Bonchev–Trinajstić information content (AvgIpc) is 2.57. The van der Waals surface area contributed by atoms with Crippen LogP contribution in [0.4, 0.5) is 4.79 Å². The number of nitrogens with one attached hydrogen (secondary N) is 1. The number of aldehydes is 1. The Balaban J connectivity index is 1.93. The highest BCUT2D eigenvalue weighted by molar-refractivity contribution is 6.06. The Morgan fingerprint density at radius 1 is 1.32 bits per heavy atom. The Bertz CT molecular complexity index is 395. The lowest BCUT2D eigenvalue weighted by Gasteiger charge is -2.32. The van der Waals surface area contributed by atoms with E-state index in [9.17, 15) is 14.4 Å². The van der Waals surface area contributed by atoms with Gasteiger partial charge in [-0.1, -0.05) is 6.42 Å². The Hall–Kier alpha value is -1.43. The summed E-state index contributed by atoms with van der Waals surface area (Å²) in [7, 11) is 0. The van der Waals surface area contributed by atoms with Crippen molar-refractivity contribution in [3.05, 3.63) is 0 Å². The van der Waals surface area contributed by atoms with Crippen LogP contribution in [0.3, 0.4) is 0 Å². The number of hydrogen-bond donors (Lipinski definition) is 1. The number of likely N-dealkylation sites (tertiary alicyclic amines) is 1. The van der Waals surface area contributed by atoms with Crippen LogP contribution in [0.5, 0.6) is 0 Å². The predicted molar refractivity (Wildman–Crippen MR) is 69.6 cm³/mol. The third-order valence-corrected chi connectivity index (χ3v) is 3.88. The Labute approximate surface area is 113 Å². The van der Waals surface area contributed by atoms with Crippen LogP contribution < -0.4 is 5.32 Å². The molecular weight excluding hydrogens is 246 g/mol. The normalized spacial score (nSPS) is 27.5. The van der Waals surface area contributed by atoms with Gasteiger partial charge in [0.2, 0.25) is 0 Å². The zero-order valence-corrected chi connectivity index (χ0v) is 11.5. The summed E-state index contributed by atoms with van der Waals surface area (Å²) < 4.78 is 0. The summed E-state index contributed by atoms with van der Waals surface area (Å²) in [5.74, 6) is -0.197. The van der Waals surface area contributed by atoms with Gasteiger partial charge in [0.05, 0.1) is 6.04 Å². The van der Waals surface area contributed by atoms with Crippen molar-refractivity contribution in [3.63, 3.8) is 0 Å². The smallest absolute Gasteiger partial charge is 0.324 e. The molecule has 2 aliphatic rings. The zero-order chi connectivity index (χ0) is 14.0. The fourth-order valence-corrected chi connectivity index (χ4v) is 2.70. The first-order valence-electron chi connectivity index (χ1n) is 6.79. The van der Waals surface area contributed by atoms with Crippen molar-refractivity contribution < 1.29 is 14.4 Å². The summed E-state index contributed by atoms with van der Waals surface area (Å²) in [5, 5.41) is 2.66. The molecule has 0 saturated carbocycles. The van der Waals surface area contributed by atoms with E-state index in [1.165, 1.54) is 4.90 Å². The van der Waals surface area contributed by atoms with Gasteiger partial charge in [-0.05, 0) is 33.2 Å². The lowest BCUT2D eigenvalue weighted by Crippen LogP contribution is -2.46. The summed E-state index contributed by atoms with van der Waals surface area (Å²) in [5.41, 5.74) is -0.816. The number of nitrogens with zero attached hydrogens (tertiary/aromatic N) is 2. The molecule has 2 fully saturated rings. The molecule has 106 valence electrons. The highest BCUT2D eigenvalue weighted by Crippen LogP contribution is 2.18. The van der Waals surface area contributed by atoms with E-state index < -0.39 is 5.54 Å². The van der Waals surface area contributed by atoms with Crippen molar-refractivity contribution in [3.8, 4) is 0 Å². The van der Waals surface area contributed by atoms with E-state index in [4.69, 9.17) is 0 Å². The molecule has 2 rings (SSSR count). The predicted octanol–water partition coefficient (Wildman–Crippen LogP) is 0.370. The number of imide groups is 1. The van der Waals surface area contributed by atoms with Gasteiger partial charge in [-0.2, -0.15) is 0 Å². The highest BCUT2D eigenvalue weighted by Gasteiger charge is 2.44. The van der Waals surface area contributed by atoms with E-state index in [1.54, 1.807) is 13.8 Å². The summed E-state index contributed by atoms with van der Waals surface area (Å²) >= 11 is 0. The number of amides is 3. The SMILES string of the molecule is CC1(C)NC(=O)N(CCN2CCCCC2C=O)C1=O. The molecule has 19 heavy (non-hydrogen) atoms. The summed E-state index contributed by atoms with van der Waals surface area (Å²) in [6.07, 6.45) is 3.97. The van der Waals surface area contributed by atoms with Crippen molar-refractivity contribution in [1.29, 1.82) is 0 Å². The summed E-state index contributed by atoms with van der Waals surface area (Å²) in [4.78, 5) is 38.0. The van der Waals surface area contributed by atoms with Crippen molar-refractivity contribution in [1.82, 2.24) is 15.1 Å². The molecule has 0 aromatic carbocycles. The molecule has 0 aromatic rings. The lowest BCUT2D eigenvalue weighted by molar-refractivity contribution is -0.130. The molecule has 2 aliphatic heterocycles. The van der Waals surface area contributed by atoms with Gasteiger partial charge >= 0.3 is 6.03 Å². The van der Waals surface area contributed by atoms with E-state index in [0.29, 0.717) is 13.1 Å². The Morgan fingerprint density at radius 3 is 2.63 bits per heavy atom. The molecular formula is C13H21N3O3. The van der Waals surface area contributed by atoms with E-state index in [1.807, 2.05) is 0 Å². The molecule has 0 radical (unpaired) electrons. The Morgan fingerprint density at radius 2 is 2.05 bits per heavy atom. The van der Waals surface area contributed by atoms with Gasteiger partial charge in [0.25, 0.3) is 5.91 Å². The fraction of sp³-hybridized carbons (Fsp3) is 0.769. The molecule has 2 saturated heterocycles. The van der Waals surface area contributed by atoms with Crippen LogP contribution in [0, 0.1) is 0 Å². The minimum atomic E-state index is -0.816. The molecule has 6 heteroatoms. The minimum Gasteiger partial charge on any atom is -0.324 e. The van der Waals surface area contributed by atoms with E-state index in [0.717, 1.165) is 32.1 Å². The molecule has 0 spiro atoms. The third kappa shape index (κ3) is 2.78. The van der Waals surface area contributed by atoms with Crippen LogP contribution in [0.1, 0.15) is 33.1 Å².